The summed E-state index contributed by atoms with van der Waals surface area (Å²) in [5.74, 6) is 1.10. The van der Waals surface area contributed by atoms with Crippen LogP contribution >= 0.6 is 0 Å². The van der Waals surface area contributed by atoms with Crippen molar-refractivity contribution in [3.05, 3.63) is 11.4 Å². The SMILES string of the molecule is C1=NC2=C(CC1)CNCN2. The third-order valence-electron chi connectivity index (χ3n) is 1.85. The van der Waals surface area contributed by atoms with Crippen LogP contribution in [0.3, 0.4) is 0 Å². The Kier molecular flexibility index (Phi) is 1.43. The van der Waals surface area contributed by atoms with Crippen LogP contribution in [-0.2, 0) is 0 Å². The van der Waals surface area contributed by atoms with E-state index in [0.29, 0.717) is 0 Å². The lowest BCUT2D eigenvalue weighted by Crippen LogP contribution is -2.37. The molecule has 0 aromatic rings. The lowest BCUT2D eigenvalue weighted by molar-refractivity contribution is 0.591. The second-order valence-corrected chi connectivity index (χ2v) is 2.58. The lowest BCUT2D eigenvalue weighted by Gasteiger charge is -2.22. The Morgan fingerprint density at radius 2 is 2.50 bits per heavy atom. The van der Waals surface area contributed by atoms with Gasteiger partial charge in [-0.05, 0) is 18.4 Å². The van der Waals surface area contributed by atoms with E-state index >= 15 is 0 Å². The highest BCUT2D eigenvalue weighted by atomic mass is 15.2. The Balaban J connectivity index is 2.23. The minimum atomic E-state index is 0.857. The van der Waals surface area contributed by atoms with Crippen molar-refractivity contribution >= 4 is 6.21 Å². The molecule has 0 aliphatic carbocycles. The summed E-state index contributed by atoms with van der Waals surface area (Å²) in [5, 5.41) is 6.43. The number of aliphatic imine (C=N–C) groups is 1. The number of nitrogens with zero attached hydrogens (tertiary/aromatic N) is 1. The summed E-state index contributed by atoms with van der Waals surface area (Å²) in [6.07, 6.45) is 4.25. The molecule has 0 fully saturated rings. The maximum absolute atomic E-state index is 4.25. The maximum Gasteiger partial charge on any atom is 0.126 e. The van der Waals surface area contributed by atoms with E-state index in [2.05, 4.69) is 15.6 Å². The van der Waals surface area contributed by atoms with Crippen molar-refractivity contribution in [2.75, 3.05) is 13.2 Å². The van der Waals surface area contributed by atoms with Gasteiger partial charge in [-0.25, -0.2) is 4.99 Å². The highest BCUT2D eigenvalue weighted by Crippen LogP contribution is 2.14. The molecule has 0 unspecified atom stereocenters. The second kappa shape index (κ2) is 2.42. The van der Waals surface area contributed by atoms with Crippen LogP contribution in [0, 0.1) is 0 Å². The summed E-state index contributed by atoms with van der Waals surface area (Å²) < 4.78 is 0. The van der Waals surface area contributed by atoms with E-state index in [4.69, 9.17) is 0 Å². The van der Waals surface area contributed by atoms with Crippen molar-refractivity contribution < 1.29 is 0 Å². The van der Waals surface area contributed by atoms with E-state index in [1.54, 1.807) is 0 Å². The quantitative estimate of drug-likeness (QED) is 0.501. The molecule has 0 amide bonds. The molecule has 2 heterocycles. The predicted molar refractivity (Wildman–Crippen MR) is 40.8 cm³/mol. The molecule has 54 valence electrons. The molecule has 0 bridgehead atoms. The molecule has 3 nitrogen and oxygen atoms in total. The first-order valence-electron chi connectivity index (χ1n) is 3.66. The Morgan fingerprint density at radius 3 is 3.40 bits per heavy atom. The van der Waals surface area contributed by atoms with Crippen LogP contribution in [-0.4, -0.2) is 19.4 Å². The minimum Gasteiger partial charge on any atom is -0.358 e. The first kappa shape index (κ1) is 5.92. The summed E-state index contributed by atoms with van der Waals surface area (Å²) in [6, 6.07) is 0. The zero-order valence-corrected chi connectivity index (χ0v) is 5.85. The summed E-state index contributed by atoms with van der Waals surface area (Å²) in [4.78, 5) is 4.25. The van der Waals surface area contributed by atoms with Crippen LogP contribution in [0.2, 0.25) is 0 Å². The van der Waals surface area contributed by atoms with Crippen LogP contribution in [0.5, 0.6) is 0 Å². The molecular formula is C7H11N3. The third-order valence-corrected chi connectivity index (χ3v) is 1.85. The van der Waals surface area contributed by atoms with Crippen molar-refractivity contribution in [2.45, 2.75) is 12.8 Å². The molecule has 2 rings (SSSR count). The van der Waals surface area contributed by atoms with E-state index in [1.165, 1.54) is 12.0 Å². The van der Waals surface area contributed by atoms with Gasteiger partial charge in [0.05, 0.1) is 6.67 Å². The van der Waals surface area contributed by atoms with Gasteiger partial charge in [-0.3, -0.25) is 5.32 Å². The summed E-state index contributed by atoms with van der Waals surface area (Å²) in [6.45, 7) is 1.87. The first-order chi connectivity index (χ1) is 4.97. The van der Waals surface area contributed by atoms with E-state index in [0.717, 1.165) is 25.5 Å². The number of hydrogen-bond acceptors (Lipinski definition) is 3. The van der Waals surface area contributed by atoms with Gasteiger partial charge in [0.25, 0.3) is 0 Å². The average molecular weight is 137 g/mol. The van der Waals surface area contributed by atoms with Gasteiger partial charge in [-0.15, -0.1) is 0 Å². The summed E-state index contributed by atoms with van der Waals surface area (Å²) in [7, 11) is 0. The van der Waals surface area contributed by atoms with E-state index in [9.17, 15) is 0 Å². The highest BCUT2D eigenvalue weighted by molar-refractivity contribution is 5.61. The number of hydrogen-bond donors (Lipinski definition) is 2. The average Bonchev–Trinajstić information content (AvgIpc) is 2.05. The van der Waals surface area contributed by atoms with Crippen molar-refractivity contribution in [2.24, 2.45) is 4.99 Å². The molecule has 10 heavy (non-hydrogen) atoms. The monoisotopic (exact) mass is 137 g/mol. The molecule has 0 saturated carbocycles. The van der Waals surface area contributed by atoms with Crippen molar-refractivity contribution in [1.82, 2.24) is 10.6 Å². The molecule has 0 aromatic heterocycles. The third kappa shape index (κ3) is 0.926. The zero-order valence-electron chi connectivity index (χ0n) is 5.85. The van der Waals surface area contributed by atoms with Crippen LogP contribution in [0.1, 0.15) is 12.8 Å². The van der Waals surface area contributed by atoms with Gasteiger partial charge in [0.15, 0.2) is 0 Å². The van der Waals surface area contributed by atoms with Crippen LogP contribution in [0.15, 0.2) is 16.4 Å². The minimum absolute atomic E-state index is 0.857. The van der Waals surface area contributed by atoms with Gasteiger partial charge >= 0.3 is 0 Å². The Labute approximate surface area is 60.2 Å². The fourth-order valence-corrected chi connectivity index (χ4v) is 1.31. The molecular weight excluding hydrogens is 126 g/mol. The molecule has 0 atom stereocenters. The molecule has 2 N–H and O–H groups in total. The first-order valence-corrected chi connectivity index (χ1v) is 3.66. The van der Waals surface area contributed by atoms with Crippen LogP contribution in [0.25, 0.3) is 0 Å². The largest absolute Gasteiger partial charge is 0.358 e. The fourth-order valence-electron chi connectivity index (χ4n) is 1.31. The topological polar surface area (TPSA) is 36.4 Å². The van der Waals surface area contributed by atoms with Gasteiger partial charge in [0.2, 0.25) is 0 Å². The van der Waals surface area contributed by atoms with Crippen molar-refractivity contribution in [3.63, 3.8) is 0 Å². The Hall–Kier alpha value is -0.830. The fraction of sp³-hybridized carbons (Fsp3) is 0.571. The zero-order chi connectivity index (χ0) is 6.81. The predicted octanol–water partition coefficient (Wildman–Crippen LogP) is 0.213. The molecule has 0 radical (unpaired) electrons. The van der Waals surface area contributed by atoms with Crippen LogP contribution < -0.4 is 10.6 Å². The van der Waals surface area contributed by atoms with E-state index < -0.39 is 0 Å². The Morgan fingerprint density at radius 1 is 1.50 bits per heavy atom. The van der Waals surface area contributed by atoms with Crippen molar-refractivity contribution in [1.29, 1.82) is 0 Å². The van der Waals surface area contributed by atoms with Gasteiger partial charge < -0.3 is 5.32 Å². The molecule has 0 aromatic carbocycles. The normalized spacial score (nSPS) is 24.0. The molecule has 0 saturated heterocycles. The van der Waals surface area contributed by atoms with Gasteiger partial charge in [-0.2, -0.15) is 0 Å². The lowest BCUT2D eigenvalue weighted by atomic mass is 10.1. The van der Waals surface area contributed by atoms with Crippen LogP contribution in [0.4, 0.5) is 0 Å². The molecule has 2 aliphatic rings. The smallest absolute Gasteiger partial charge is 0.126 e. The van der Waals surface area contributed by atoms with E-state index in [1.807, 2.05) is 6.21 Å². The van der Waals surface area contributed by atoms with E-state index in [-0.39, 0.29) is 0 Å². The summed E-state index contributed by atoms with van der Waals surface area (Å²) in [5.41, 5.74) is 1.42. The number of nitrogens with one attached hydrogen (secondary N) is 2. The number of rotatable bonds is 0. The Bertz CT molecular complexity index is 193. The standard InChI is InChI=1S/C7H11N3/c1-2-6-4-8-5-10-7(6)9-3-1/h3,8,10H,1-2,4-5H2. The van der Waals surface area contributed by atoms with Crippen molar-refractivity contribution in [3.8, 4) is 0 Å². The molecule has 2 aliphatic heterocycles. The van der Waals surface area contributed by atoms with Gasteiger partial charge in [0.1, 0.15) is 5.82 Å². The van der Waals surface area contributed by atoms with Gasteiger partial charge in [-0.1, -0.05) is 0 Å². The van der Waals surface area contributed by atoms with Gasteiger partial charge in [0, 0.05) is 12.8 Å². The highest BCUT2D eigenvalue weighted by Gasteiger charge is 2.11. The second-order valence-electron chi connectivity index (χ2n) is 2.58. The summed E-state index contributed by atoms with van der Waals surface area (Å²) >= 11 is 0. The maximum atomic E-state index is 4.25. The molecule has 3 heteroatoms. The molecule has 0 spiro atoms.